The van der Waals surface area contributed by atoms with Crippen LogP contribution in [0.1, 0.15) is 12.0 Å². The van der Waals surface area contributed by atoms with Crippen LogP contribution in [0.15, 0.2) is 17.9 Å². The Morgan fingerprint density at radius 1 is 1.28 bits per heavy atom. The maximum atomic E-state index is 9.83. The number of nitriles is 1. The molecule has 5 heteroatoms. The van der Waals surface area contributed by atoms with E-state index in [1.165, 1.54) is 7.11 Å². The number of aliphatic hydroxyl groups is 1. The van der Waals surface area contributed by atoms with Gasteiger partial charge in [-0.25, -0.2) is 0 Å². The molecule has 5 nitrogen and oxygen atoms in total. The van der Waals surface area contributed by atoms with Crippen LogP contribution in [0.4, 0.5) is 5.69 Å². The van der Waals surface area contributed by atoms with Crippen LogP contribution in [0.3, 0.4) is 0 Å². The first-order valence-electron chi connectivity index (χ1n) is 5.53. The molecule has 0 radical (unpaired) electrons. The Morgan fingerprint density at radius 3 is 2.56 bits per heavy atom. The molecule has 94 valence electrons. The summed E-state index contributed by atoms with van der Waals surface area (Å²) in [6.07, 6.45) is 0.419. The Balaban J connectivity index is 2.65. The summed E-state index contributed by atoms with van der Waals surface area (Å²) < 4.78 is 10.4. The van der Waals surface area contributed by atoms with Gasteiger partial charge in [-0.2, -0.15) is 5.26 Å². The van der Waals surface area contributed by atoms with Crippen molar-refractivity contribution in [2.75, 3.05) is 26.1 Å². The number of aliphatic hydroxyl groups excluding tert-OH is 1. The summed E-state index contributed by atoms with van der Waals surface area (Å²) >= 11 is 0. The highest BCUT2D eigenvalue weighted by atomic mass is 16.5. The van der Waals surface area contributed by atoms with Crippen LogP contribution >= 0.6 is 0 Å². The molecule has 1 aliphatic heterocycles. The van der Waals surface area contributed by atoms with Crippen LogP contribution in [0.25, 0.3) is 5.57 Å². The van der Waals surface area contributed by atoms with Crippen molar-refractivity contribution in [1.29, 1.82) is 5.26 Å². The lowest BCUT2D eigenvalue weighted by molar-refractivity contribution is 0.355. The minimum absolute atomic E-state index is 0.0935. The number of nitrogens with zero attached hydrogens (tertiary/aromatic N) is 1. The summed E-state index contributed by atoms with van der Waals surface area (Å²) in [6.45, 7) is 0.569. The van der Waals surface area contributed by atoms with E-state index in [2.05, 4.69) is 5.32 Å². The zero-order valence-electron chi connectivity index (χ0n) is 10.3. The van der Waals surface area contributed by atoms with Crippen molar-refractivity contribution < 1.29 is 14.6 Å². The number of nitrogens with one attached hydrogen (secondary N) is 1. The van der Waals surface area contributed by atoms with Gasteiger partial charge in [0.1, 0.15) is 11.8 Å². The van der Waals surface area contributed by atoms with Gasteiger partial charge in [-0.05, 0) is 6.07 Å². The molecule has 0 aliphatic carbocycles. The van der Waals surface area contributed by atoms with Crippen LogP contribution in [-0.2, 0) is 0 Å². The van der Waals surface area contributed by atoms with Gasteiger partial charge in [-0.15, -0.1) is 0 Å². The molecule has 0 amide bonds. The molecular weight excluding hydrogens is 232 g/mol. The molecule has 0 saturated carbocycles. The molecule has 1 heterocycles. The van der Waals surface area contributed by atoms with E-state index in [0.717, 1.165) is 5.69 Å². The molecular formula is C13H14N2O3. The van der Waals surface area contributed by atoms with Crippen molar-refractivity contribution >= 4 is 11.3 Å². The molecule has 1 aromatic rings. The lowest BCUT2D eigenvalue weighted by atomic mass is 10.0. The maximum Gasteiger partial charge on any atom is 0.162 e. The van der Waals surface area contributed by atoms with Gasteiger partial charge in [0, 0.05) is 30.3 Å². The zero-order valence-corrected chi connectivity index (χ0v) is 10.3. The first-order valence-corrected chi connectivity index (χ1v) is 5.53. The fourth-order valence-corrected chi connectivity index (χ4v) is 1.95. The summed E-state index contributed by atoms with van der Waals surface area (Å²) in [4.78, 5) is 0. The molecule has 0 fully saturated rings. The molecule has 0 saturated heterocycles. The van der Waals surface area contributed by atoms with Crippen LogP contribution < -0.4 is 14.8 Å². The van der Waals surface area contributed by atoms with Gasteiger partial charge in [0.05, 0.1) is 19.8 Å². The van der Waals surface area contributed by atoms with Gasteiger partial charge in [0.2, 0.25) is 0 Å². The highest BCUT2D eigenvalue weighted by molar-refractivity contribution is 5.87. The van der Waals surface area contributed by atoms with Gasteiger partial charge < -0.3 is 19.9 Å². The smallest absolute Gasteiger partial charge is 0.162 e. The Bertz CT molecular complexity index is 544. The van der Waals surface area contributed by atoms with Crippen LogP contribution in [-0.4, -0.2) is 25.9 Å². The van der Waals surface area contributed by atoms with Crippen molar-refractivity contribution in [3.8, 4) is 17.6 Å². The van der Waals surface area contributed by atoms with Crippen molar-refractivity contribution in [2.45, 2.75) is 6.42 Å². The van der Waals surface area contributed by atoms with Gasteiger partial charge >= 0.3 is 0 Å². The molecule has 1 aliphatic rings. The number of rotatable bonds is 2. The van der Waals surface area contributed by atoms with Crippen molar-refractivity contribution in [3.05, 3.63) is 23.5 Å². The molecule has 2 N–H and O–H groups in total. The minimum Gasteiger partial charge on any atom is -0.511 e. The number of benzene rings is 1. The average Bonchev–Trinajstić information content (AvgIpc) is 2.54. The normalized spacial score (nSPS) is 14.1. The predicted molar refractivity (Wildman–Crippen MR) is 67.8 cm³/mol. The number of ether oxygens (including phenoxy) is 2. The number of hydrogen-bond acceptors (Lipinski definition) is 5. The van der Waals surface area contributed by atoms with Gasteiger partial charge in [0.25, 0.3) is 0 Å². The molecule has 2 rings (SSSR count). The van der Waals surface area contributed by atoms with Gasteiger partial charge in [-0.3, -0.25) is 0 Å². The first-order chi connectivity index (χ1) is 8.71. The summed E-state index contributed by atoms with van der Waals surface area (Å²) in [5.74, 6) is 1.21. The van der Waals surface area contributed by atoms with Crippen molar-refractivity contribution in [2.24, 2.45) is 0 Å². The fraction of sp³-hybridized carbons (Fsp3) is 0.308. The Morgan fingerprint density at radius 2 is 1.94 bits per heavy atom. The Labute approximate surface area is 105 Å². The number of anilines is 1. The number of hydrogen-bond donors (Lipinski definition) is 2. The fourth-order valence-electron chi connectivity index (χ4n) is 1.95. The van der Waals surface area contributed by atoms with Gasteiger partial charge in [-0.1, -0.05) is 0 Å². The highest BCUT2D eigenvalue weighted by Crippen LogP contribution is 2.38. The average molecular weight is 246 g/mol. The third-order valence-electron chi connectivity index (χ3n) is 2.87. The first kappa shape index (κ1) is 12.1. The summed E-state index contributed by atoms with van der Waals surface area (Å²) in [5, 5.41) is 22.1. The molecule has 0 bridgehead atoms. The van der Waals surface area contributed by atoms with E-state index in [1.807, 2.05) is 6.07 Å². The SMILES string of the molecule is COc1cc2c(cc1OC)C(C#N)=C(O)CCN2. The van der Waals surface area contributed by atoms with Crippen LogP contribution in [0.5, 0.6) is 11.5 Å². The molecule has 0 unspecified atom stereocenters. The Hall–Kier alpha value is -2.35. The summed E-state index contributed by atoms with van der Waals surface area (Å²) in [7, 11) is 3.09. The minimum atomic E-state index is 0.0935. The standard InChI is InChI=1S/C13H14N2O3/c1-17-12-5-8-9(7-14)11(16)3-4-15-10(8)6-13(12)18-2/h5-6,15-16H,3-4H2,1-2H3. The lowest BCUT2D eigenvalue weighted by Crippen LogP contribution is -2.02. The Kier molecular flexibility index (Phi) is 3.28. The highest BCUT2D eigenvalue weighted by Gasteiger charge is 2.19. The molecule has 0 spiro atoms. The van der Waals surface area contributed by atoms with Crippen molar-refractivity contribution in [1.82, 2.24) is 0 Å². The topological polar surface area (TPSA) is 74.5 Å². The maximum absolute atomic E-state index is 9.83. The third kappa shape index (κ3) is 1.93. The van der Waals surface area contributed by atoms with Crippen LogP contribution in [0, 0.1) is 11.3 Å². The lowest BCUT2D eigenvalue weighted by Gasteiger charge is -2.13. The van der Waals surface area contributed by atoms with E-state index >= 15 is 0 Å². The quantitative estimate of drug-likeness (QED) is 0.837. The van der Waals surface area contributed by atoms with Gasteiger partial charge in [0.15, 0.2) is 11.5 Å². The second kappa shape index (κ2) is 4.88. The van der Waals surface area contributed by atoms with E-state index in [-0.39, 0.29) is 11.3 Å². The second-order valence-electron chi connectivity index (χ2n) is 3.86. The second-order valence-corrected chi connectivity index (χ2v) is 3.86. The number of allylic oxidation sites excluding steroid dienone is 1. The third-order valence-corrected chi connectivity index (χ3v) is 2.87. The van der Waals surface area contributed by atoms with E-state index in [1.54, 1.807) is 19.2 Å². The van der Waals surface area contributed by atoms with Crippen LogP contribution in [0.2, 0.25) is 0 Å². The van der Waals surface area contributed by atoms with Crippen molar-refractivity contribution in [3.63, 3.8) is 0 Å². The largest absolute Gasteiger partial charge is 0.511 e. The van der Waals surface area contributed by atoms with E-state index in [0.29, 0.717) is 30.0 Å². The number of fused-ring (bicyclic) bond motifs is 1. The monoisotopic (exact) mass is 246 g/mol. The number of methoxy groups -OCH3 is 2. The summed E-state index contributed by atoms with van der Waals surface area (Å²) in [5.41, 5.74) is 1.66. The molecule has 0 aromatic heterocycles. The predicted octanol–water partition coefficient (Wildman–Crippen LogP) is 2.31. The van der Waals surface area contributed by atoms with E-state index in [9.17, 15) is 5.11 Å². The molecule has 1 aromatic carbocycles. The molecule has 0 atom stereocenters. The van der Waals surface area contributed by atoms with E-state index in [4.69, 9.17) is 14.7 Å². The zero-order chi connectivity index (χ0) is 13.1. The molecule has 18 heavy (non-hydrogen) atoms. The van der Waals surface area contributed by atoms with E-state index < -0.39 is 0 Å². The summed E-state index contributed by atoms with van der Waals surface area (Å²) in [6, 6.07) is 5.50.